The van der Waals surface area contributed by atoms with Gasteiger partial charge in [0.2, 0.25) is 5.91 Å². The number of imide groups is 1. The quantitative estimate of drug-likeness (QED) is 0.576. The number of amides is 4. The minimum Gasteiger partial charge on any atom is -0.480 e. The maximum atomic E-state index is 11.9. The van der Waals surface area contributed by atoms with Crippen molar-refractivity contribution in [2.24, 2.45) is 0 Å². The normalized spacial score (nSPS) is 18.3. The average Bonchev–Trinajstić information content (AvgIpc) is 2.56. The Kier molecular flexibility index (Phi) is 5.28. The summed E-state index contributed by atoms with van der Waals surface area (Å²) in [4.78, 5) is 47.1. The third kappa shape index (κ3) is 4.17. The molecule has 0 unspecified atom stereocenters. The smallest absolute Gasteiger partial charge is 0.326 e. The molecule has 1 aliphatic heterocycles. The summed E-state index contributed by atoms with van der Waals surface area (Å²) in [6.07, 6.45) is 0.832. The third-order valence-electron chi connectivity index (χ3n) is 3.22. The van der Waals surface area contributed by atoms with E-state index in [1.54, 1.807) is 13.8 Å². The topological polar surface area (TPSA) is 116 Å². The molecule has 1 saturated heterocycles. The summed E-state index contributed by atoms with van der Waals surface area (Å²) in [6, 6.07) is -1.48. The summed E-state index contributed by atoms with van der Waals surface area (Å²) in [5.74, 6) is -1.99. The molecule has 8 heteroatoms. The second kappa shape index (κ2) is 6.55. The van der Waals surface area contributed by atoms with E-state index in [1.807, 2.05) is 6.92 Å². The number of rotatable bonds is 7. The van der Waals surface area contributed by atoms with Gasteiger partial charge in [-0.3, -0.25) is 14.5 Å². The van der Waals surface area contributed by atoms with Crippen LogP contribution < -0.4 is 10.6 Å². The first kappa shape index (κ1) is 16.9. The maximum Gasteiger partial charge on any atom is 0.326 e. The minimum atomic E-state index is -1.10. The lowest BCUT2D eigenvalue weighted by atomic mass is 10.1. The Morgan fingerprint density at radius 2 is 2.00 bits per heavy atom. The van der Waals surface area contributed by atoms with E-state index in [-0.39, 0.29) is 13.0 Å². The number of nitrogens with zero attached hydrogens (tertiary/aromatic N) is 1. The molecule has 1 heterocycles. The van der Waals surface area contributed by atoms with Crippen LogP contribution in [0.25, 0.3) is 0 Å². The Balaban J connectivity index is 2.52. The van der Waals surface area contributed by atoms with Gasteiger partial charge < -0.3 is 15.7 Å². The number of carboxylic acids is 1. The van der Waals surface area contributed by atoms with Gasteiger partial charge >= 0.3 is 12.0 Å². The molecule has 0 aromatic heterocycles. The van der Waals surface area contributed by atoms with Crippen molar-refractivity contribution in [3.8, 4) is 0 Å². The Morgan fingerprint density at radius 1 is 1.38 bits per heavy atom. The summed E-state index contributed by atoms with van der Waals surface area (Å²) >= 11 is 0. The molecule has 0 spiro atoms. The zero-order valence-electron chi connectivity index (χ0n) is 12.4. The van der Waals surface area contributed by atoms with E-state index in [9.17, 15) is 19.2 Å². The molecule has 8 nitrogen and oxygen atoms in total. The van der Waals surface area contributed by atoms with E-state index >= 15 is 0 Å². The van der Waals surface area contributed by atoms with Crippen molar-refractivity contribution in [1.29, 1.82) is 0 Å². The summed E-state index contributed by atoms with van der Waals surface area (Å²) in [5, 5.41) is 13.8. The van der Waals surface area contributed by atoms with E-state index in [0.717, 1.165) is 4.90 Å². The van der Waals surface area contributed by atoms with Crippen LogP contribution in [0.2, 0.25) is 0 Å². The van der Waals surface area contributed by atoms with Gasteiger partial charge in [0.05, 0.1) is 0 Å². The predicted molar refractivity (Wildman–Crippen MR) is 73.4 cm³/mol. The maximum absolute atomic E-state index is 11.9. The highest BCUT2D eigenvalue weighted by atomic mass is 16.4. The first-order chi connectivity index (χ1) is 9.69. The summed E-state index contributed by atoms with van der Waals surface area (Å²) in [5.41, 5.74) is -0.973. The van der Waals surface area contributed by atoms with Crippen LogP contribution in [0.5, 0.6) is 0 Å². The second-order valence-electron chi connectivity index (χ2n) is 5.51. The number of carbonyl (C=O) groups excluding carboxylic acids is 3. The van der Waals surface area contributed by atoms with Gasteiger partial charge in [0.25, 0.3) is 5.91 Å². The molecule has 0 aliphatic carbocycles. The minimum absolute atomic E-state index is 0.0710. The SMILES string of the molecule is CCC[C@@H](NC(=O)CCN1C(=O)NC(C)(C)C1=O)C(=O)O. The largest absolute Gasteiger partial charge is 0.480 e. The number of urea groups is 1. The van der Waals surface area contributed by atoms with Crippen LogP contribution in [0.1, 0.15) is 40.0 Å². The first-order valence-electron chi connectivity index (χ1n) is 6.85. The Morgan fingerprint density at radius 3 is 2.43 bits per heavy atom. The van der Waals surface area contributed by atoms with Crippen LogP contribution in [0, 0.1) is 0 Å². The standard InChI is InChI=1S/C13H21N3O5/c1-4-5-8(10(18)19)14-9(17)6-7-16-11(20)13(2,3)15-12(16)21/h8H,4-7H2,1-3H3,(H,14,17)(H,15,21)(H,18,19)/t8-/m1/s1. The van der Waals surface area contributed by atoms with Crippen LogP contribution >= 0.6 is 0 Å². The summed E-state index contributed by atoms with van der Waals surface area (Å²) in [6.45, 7) is 4.90. The lowest BCUT2D eigenvalue weighted by molar-refractivity contribution is -0.142. The van der Waals surface area contributed by atoms with Gasteiger partial charge in [-0.1, -0.05) is 13.3 Å². The summed E-state index contributed by atoms with van der Waals surface area (Å²) < 4.78 is 0. The van der Waals surface area contributed by atoms with Crippen molar-refractivity contribution in [2.45, 2.75) is 51.6 Å². The van der Waals surface area contributed by atoms with Gasteiger partial charge in [-0.05, 0) is 20.3 Å². The van der Waals surface area contributed by atoms with E-state index in [0.29, 0.717) is 12.8 Å². The lowest BCUT2D eigenvalue weighted by Gasteiger charge is -2.17. The van der Waals surface area contributed by atoms with Gasteiger partial charge in [-0.15, -0.1) is 0 Å². The van der Waals surface area contributed by atoms with Crippen LogP contribution in [-0.4, -0.2) is 51.9 Å². The van der Waals surface area contributed by atoms with E-state index < -0.39 is 35.4 Å². The Bertz CT molecular complexity index is 461. The van der Waals surface area contributed by atoms with Gasteiger partial charge in [0.15, 0.2) is 0 Å². The molecule has 21 heavy (non-hydrogen) atoms. The first-order valence-corrected chi connectivity index (χ1v) is 6.85. The van der Waals surface area contributed by atoms with Gasteiger partial charge in [-0.25, -0.2) is 9.59 Å². The van der Waals surface area contributed by atoms with Gasteiger partial charge in [0.1, 0.15) is 11.6 Å². The van der Waals surface area contributed by atoms with Crippen molar-refractivity contribution < 1.29 is 24.3 Å². The fraction of sp³-hybridized carbons (Fsp3) is 0.692. The van der Waals surface area contributed by atoms with Gasteiger partial charge in [-0.2, -0.15) is 0 Å². The molecule has 3 N–H and O–H groups in total. The average molecular weight is 299 g/mol. The Hall–Kier alpha value is -2.12. The lowest BCUT2D eigenvalue weighted by Crippen LogP contribution is -2.43. The third-order valence-corrected chi connectivity index (χ3v) is 3.22. The molecule has 0 aromatic carbocycles. The molecule has 0 radical (unpaired) electrons. The van der Waals surface area contributed by atoms with Crippen molar-refractivity contribution in [3.05, 3.63) is 0 Å². The number of hydrogen-bond donors (Lipinski definition) is 3. The molecule has 0 saturated carbocycles. The molecule has 1 rings (SSSR count). The van der Waals surface area contributed by atoms with Gasteiger partial charge in [0, 0.05) is 13.0 Å². The van der Waals surface area contributed by atoms with Crippen LogP contribution in [-0.2, 0) is 14.4 Å². The molecule has 4 amide bonds. The van der Waals surface area contributed by atoms with Crippen LogP contribution in [0.4, 0.5) is 4.79 Å². The predicted octanol–water partition coefficient (Wildman–Crippen LogP) is 0.0764. The van der Waals surface area contributed by atoms with E-state index in [1.165, 1.54) is 0 Å². The fourth-order valence-corrected chi connectivity index (χ4v) is 2.05. The number of hydrogen-bond acceptors (Lipinski definition) is 4. The molecular weight excluding hydrogens is 278 g/mol. The monoisotopic (exact) mass is 299 g/mol. The van der Waals surface area contributed by atoms with Crippen molar-refractivity contribution in [3.63, 3.8) is 0 Å². The zero-order chi connectivity index (χ0) is 16.2. The highest BCUT2D eigenvalue weighted by Gasteiger charge is 2.44. The van der Waals surface area contributed by atoms with Crippen molar-refractivity contribution >= 4 is 23.8 Å². The fourth-order valence-electron chi connectivity index (χ4n) is 2.05. The molecule has 0 aromatic rings. The highest BCUT2D eigenvalue weighted by Crippen LogP contribution is 2.16. The number of carboxylic acid groups (broad SMARTS) is 1. The second-order valence-corrected chi connectivity index (χ2v) is 5.51. The highest BCUT2D eigenvalue weighted by molar-refractivity contribution is 6.06. The van der Waals surface area contributed by atoms with E-state index in [4.69, 9.17) is 5.11 Å². The van der Waals surface area contributed by atoms with Crippen LogP contribution in [0.15, 0.2) is 0 Å². The summed E-state index contributed by atoms with van der Waals surface area (Å²) in [7, 11) is 0. The molecule has 0 bridgehead atoms. The van der Waals surface area contributed by atoms with Crippen LogP contribution in [0.3, 0.4) is 0 Å². The number of nitrogens with one attached hydrogen (secondary N) is 2. The molecule has 118 valence electrons. The molecular formula is C13H21N3O5. The molecule has 1 atom stereocenters. The number of carbonyl (C=O) groups is 4. The van der Waals surface area contributed by atoms with Crippen molar-refractivity contribution in [1.82, 2.24) is 15.5 Å². The Labute approximate surface area is 122 Å². The number of aliphatic carboxylic acids is 1. The zero-order valence-corrected chi connectivity index (χ0v) is 12.4. The van der Waals surface area contributed by atoms with Crippen molar-refractivity contribution in [2.75, 3.05) is 6.54 Å². The van der Waals surface area contributed by atoms with E-state index in [2.05, 4.69) is 10.6 Å². The molecule has 1 fully saturated rings. The molecule has 1 aliphatic rings.